The molecule has 5 aromatic rings. The average Bonchev–Trinajstić information content (AvgIpc) is 3.58. The van der Waals surface area contributed by atoms with Gasteiger partial charge in [-0.05, 0) is 42.5 Å². The number of hydrogen-bond donors (Lipinski definition) is 1. The minimum Gasteiger partial charge on any atom is -0.497 e. The number of aromatic amines is 1. The van der Waals surface area contributed by atoms with Gasteiger partial charge < -0.3 is 14.1 Å². The molecule has 0 spiro atoms. The number of H-pyrrole nitrogens is 1. The molecule has 8 heteroatoms. The Balaban J connectivity index is 1.42. The number of nitrogens with zero attached hydrogens (tertiary/aromatic N) is 3. The van der Waals surface area contributed by atoms with E-state index in [4.69, 9.17) is 9.15 Å². The molecule has 0 radical (unpaired) electrons. The van der Waals surface area contributed by atoms with Crippen LogP contribution in [-0.2, 0) is 6.54 Å². The van der Waals surface area contributed by atoms with Crippen LogP contribution in [0.2, 0.25) is 0 Å². The molecule has 0 bridgehead atoms. The number of fused-ring (bicyclic) bond motifs is 1. The standard InChI is InChI=1S/C24H20N4O3S/c1-30-17-10-8-16(9-11-17)23-26-27-24(28(23)14-18-5-4-12-31-18)32-15-22(29)20-13-25-21-7-3-2-6-19(20)21/h2-13,25H,14-15H2,1H3. The Labute approximate surface area is 188 Å². The van der Waals surface area contributed by atoms with Gasteiger partial charge in [0.2, 0.25) is 0 Å². The number of rotatable bonds is 8. The highest BCUT2D eigenvalue weighted by molar-refractivity contribution is 7.99. The third-order valence-corrected chi connectivity index (χ3v) is 6.15. The first kappa shape index (κ1) is 20.1. The average molecular weight is 445 g/mol. The van der Waals surface area contributed by atoms with Gasteiger partial charge in [-0.15, -0.1) is 10.2 Å². The van der Waals surface area contributed by atoms with Crippen molar-refractivity contribution < 1.29 is 13.9 Å². The molecular formula is C24H20N4O3S. The molecule has 32 heavy (non-hydrogen) atoms. The molecule has 1 N–H and O–H groups in total. The van der Waals surface area contributed by atoms with Gasteiger partial charge in [-0.2, -0.15) is 0 Å². The monoisotopic (exact) mass is 444 g/mol. The summed E-state index contributed by atoms with van der Waals surface area (Å²) >= 11 is 1.37. The van der Waals surface area contributed by atoms with Gasteiger partial charge in [-0.25, -0.2) is 0 Å². The van der Waals surface area contributed by atoms with E-state index in [1.165, 1.54) is 11.8 Å². The minimum atomic E-state index is 0.0333. The number of thioether (sulfide) groups is 1. The Hall–Kier alpha value is -3.78. The SMILES string of the molecule is COc1ccc(-c2nnc(SCC(=O)c3c[nH]c4ccccc34)n2Cc2ccco2)cc1. The van der Waals surface area contributed by atoms with Gasteiger partial charge in [-0.3, -0.25) is 9.36 Å². The summed E-state index contributed by atoms with van der Waals surface area (Å²) in [7, 11) is 1.63. The first-order chi connectivity index (χ1) is 15.7. The zero-order valence-corrected chi connectivity index (χ0v) is 18.1. The van der Waals surface area contributed by atoms with Crippen molar-refractivity contribution in [3.8, 4) is 17.1 Å². The summed E-state index contributed by atoms with van der Waals surface area (Å²) in [6.07, 6.45) is 3.41. The highest BCUT2D eigenvalue weighted by Crippen LogP contribution is 2.28. The predicted molar refractivity (Wildman–Crippen MR) is 123 cm³/mol. The van der Waals surface area contributed by atoms with E-state index in [0.717, 1.165) is 28.0 Å². The number of furan rings is 1. The molecule has 0 aliphatic heterocycles. The number of hydrogen-bond acceptors (Lipinski definition) is 6. The number of Topliss-reactive ketones (excluding diaryl/α,β-unsaturated/α-hetero) is 1. The summed E-state index contributed by atoms with van der Waals surface area (Å²) in [6.45, 7) is 0.463. The largest absolute Gasteiger partial charge is 0.497 e. The summed E-state index contributed by atoms with van der Waals surface area (Å²) in [4.78, 5) is 16.1. The molecule has 3 heterocycles. The first-order valence-electron chi connectivity index (χ1n) is 10.0. The van der Waals surface area contributed by atoms with E-state index in [0.29, 0.717) is 23.1 Å². The van der Waals surface area contributed by atoms with Crippen LogP contribution in [0.25, 0.3) is 22.3 Å². The molecule has 5 rings (SSSR count). The lowest BCUT2D eigenvalue weighted by molar-refractivity contribution is 0.102. The number of aromatic nitrogens is 4. The lowest BCUT2D eigenvalue weighted by Gasteiger charge is -2.09. The van der Waals surface area contributed by atoms with Gasteiger partial charge >= 0.3 is 0 Å². The highest BCUT2D eigenvalue weighted by atomic mass is 32.2. The maximum atomic E-state index is 12.9. The number of carbonyl (C=O) groups excluding carboxylic acids is 1. The molecule has 0 amide bonds. The predicted octanol–water partition coefficient (Wildman–Crippen LogP) is 5.05. The summed E-state index contributed by atoms with van der Waals surface area (Å²) in [5, 5.41) is 10.4. The van der Waals surface area contributed by atoms with Crippen LogP contribution in [-0.4, -0.2) is 38.4 Å². The third kappa shape index (κ3) is 3.92. The van der Waals surface area contributed by atoms with Crippen molar-refractivity contribution in [2.75, 3.05) is 12.9 Å². The molecule has 0 saturated heterocycles. The topological polar surface area (TPSA) is 85.9 Å². The van der Waals surface area contributed by atoms with Crippen LogP contribution in [0.4, 0.5) is 0 Å². The van der Waals surface area contributed by atoms with Crippen LogP contribution >= 0.6 is 11.8 Å². The lowest BCUT2D eigenvalue weighted by atomic mass is 10.1. The Bertz CT molecular complexity index is 1350. The van der Waals surface area contributed by atoms with Crippen molar-refractivity contribution in [2.24, 2.45) is 0 Å². The van der Waals surface area contributed by atoms with E-state index in [9.17, 15) is 4.79 Å². The van der Waals surface area contributed by atoms with Gasteiger partial charge in [0, 0.05) is 28.2 Å². The summed E-state index contributed by atoms with van der Waals surface area (Å²) in [5.74, 6) is 2.53. The van der Waals surface area contributed by atoms with Gasteiger partial charge in [0.25, 0.3) is 0 Å². The molecule has 0 saturated carbocycles. The number of carbonyl (C=O) groups is 1. The molecular weight excluding hydrogens is 424 g/mol. The van der Waals surface area contributed by atoms with Crippen LogP contribution < -0.4 is 4.74 Å². The van der Waals surface area contributed by atoms with Gasteiger partial charge in [0.05, 0.1) is 25.7 Å². The van der Waals surface area contributed by atoms with Crippen molar-refractivity contribution >= 4 is 28.4 Å². The Morgan fingerprint density at radius 3 is 2.72 bits per heavy atom. The lowest BCUT2D eigenvalue weighted by Crippen LogP contribution is -2.06. The number of methoxy groups -OCH3 is 1. The number of ketones is 1. The Morgan fingerprint density at radius 1 is 1.09 bits per heavy atom. The molecule has 0 unspecified atom stereocenters. The molecule has 0 atom stereocenters. The van der Waals surface area contributed by atoms with E-state index in [1.807, 2.05) is 65.2 Å². The third-order valence-electron chi connectivity index (χ3n) is 5.18. The minimum absolute atomic E-state index is 0.0333. The van der Waals surface area contributed by atoms with E-state index >= 15 is 0 Å². The fraction of sp³-hybridized carbons (Fsp3) is 0.125. The number of nitrogens with one attached hydrogen (secondary N) is 1. The quantitative estimate of drug-likeness (QED) is 0.266. The number of para-hydroxylation sites is 1. The second-order valence-electron chi connectivity index (χ2n) is 7.16. The zero-order chi connectivity index (χ0) is 21.9. The van der Waals surface area contributed by atoms with Crippen LogP contribution in [0, 0.1) is 0 Å². The van der Waals surface area contributed by atoms with Crippen molar-refractivity contribution in [3.63, 3.8) is 0 Å². The first-order valence-corrected chi connectivity index (χ1v) is 11.0. The molecule has 7 nitrogen and oxygen atoms in total. The van der Waals surface area contributed by atoms with Crippen LogP contribution in [0.15, 0.2) is 82.7 Å². The van der Waals surface area contributed by atoms with Gasteiger partial charge in [-0.1, -0.05) is 30.0 Å². The van der Waals surface area contributed by atoms with E-state index in [1.54, 1.807) is 19.6 Å². The van der Waals surface area contributed by atoms with E-state index < -0.39 is 0 Å². The Kier molecular flexibility index (Phi) is 5.51. The highest BCUT2D eigenvalue weighted by Gasteiger charge is 2.19. The van der Waals surface area contributed by atoms with E-state index in [-0.39, 0.29) is 11.5 Å². The summed E-state index contributed by atoms with van der Waals surface area (Å²) < 4.78 is 12.8. The molecule has 3 aromatic heterocycles. The zero-order valence-electron chi connectivity index (χ0n) is 17.3. The smallest absolute Gasteiger partial charge is 0.192 e. The van der Waals surface area contributed by atoms with Gasteiger partial charge in [0.15, 0.2) is 16.8 Å². The number of ether oxygens (including phenoxy) is 1. The normalized spacial score (nSPS) is 11.2. The van der Waals surface area contributed by atoms with Crippen LogP contribution in [0.1, 0.15) is 16.1 Å². The maximum absolute atomic E-state index is 12.9. The molecule has 0 aliphatic carbocycles. The van der Waals surface area contributed by atoms with Crippen molar-refractivity contribution in [1.29, 1.82) is 0 Å². The molecule has 160 valence electrons. The van der Waals surface area contributed by atoms with Crippen molar-refractivity contribution in [1.82, 2.24) is 19.7 Å². The second kappa shape index (κ2) is 8.76. The van der Waals surface area contributed by atoms with Crippen molar-refractivity contribution in [3.05, 3.63) is 84.4 Å². The molecule has 0 fully saturated rings. The van der Waals surface area contributed by atoms with Crippen LogP contribution in [0.3, 0.4) is 0 Å². The van der Waals surface area contributed by atoms with Gasteiger partial charge in [0.1, 0.15) is 11.5 Å². The second-order valence-corrected chi connectivity index (χ2v) is 8.10. The van der Waals surface area contributed by atoms with Crippen LogP contribution in [0.5, 0.6) is 5.75 Å². The maximum Gasteiger partial charge on any atom is 0.192 e. The van der Waals surface area contributed by atoms with Crippen molar-refractivity contribution in [2.45, 2.75) is 11.7 Å². The number of benzene rings is 2. The fourth-order valence-electron chi connectivity index (χ4n) is 3.56. The molecule has 2 aromatic carbocycles. The summed E-state index contributed by atoms with van der Waals surface area (Å²) in [6, 6.07) is 19.2. The summed E-state index contributed by atoms with van der Waals surface area (Å²) in [5.41, 5.74) is 2.53. The Morgan fingerprint density at radius 2 is 1.94 bits per heavy atom. The fourth-order valence-corrected chi connectivity index (χ4v) is 4.38. The van der Waals surface area contributed by atoms with E-state index in [2.05, 4.69) is 15.2 Å². The molecule has 0 aliphatic rings.